The second-order valence-corrected chi connectivity index (χ2v) is 11.4. The molecule has 1 saturated heterocycles. The van der Waals surface area contributed by atoms with Gasteiger partial charge in [-0.15, -0.1) is 10.2 Å². The Balaban J connectivity index is 1.63. The predicted octanol–water partition coefficient (Wildman–Crippen LogP) is 3.16. The lowest BCUT2D eigenvalue weighted by atomic mass is 10.0. The zero-order chi connectivity index (χ0) is 21.9. The highest BCUT2D eigenvalue weighted by atomic mass is 32.2. The van der Waals surface area contributed by atoms with Crippen molar-refractivity contribution in [1.29, 1.82) is 0 Å². The number of carbonyl (C=O) groups is 1. The zero-order valence-electron chi connectivity index (χ0n) is 17.7. The maximum Gasteiger partial charge on any atom is 0.277 e. The Bertz CT molecular complexity index is 973. The van der Waals surface area contributed by atoms with Crippen molar-refractivity contribution in [3.63, 3.8) is 0 Å². The maximum atomic E-state index is 12.8. The molecule has 1 aromatic heterocycles. The molecule has 30 heavy (non-hydrogen) atoms. The minimum Gasteiger partial charge on any atom is -0.411 e. The number of hydrogen-bond donors (Lipinski definition) is 1. The lowest BCUT2D eigenvalue weighted by Gasteiger charge is -2.29. The predicted molar refractivity (Wildman–Crippen MR) is 116 cm³/mol. The van der Waals surface area contributed by atoms with E-state index >= 15 is 0 Å². The molecule has 1 aliphatic heterocycles. The Hall–Kier alpha value is -1.91. The lowest BCUT2D eigenvalue weighted by molar-refractivity contribution is -0.119. The van der Waals surface area contributed by atoms with Gasteiger partial charge in [-0.1, -0.05) is 18.7 Å². The monoisotopic (exact) mass is 452 g/mol. The number of carbonyl (C=O) groups excluding carboxylic acids is 1. The summed E-state index contributed by atoms with van der Waals surface area (Å²) < 4.78 is 32.8. The fourth-order valence-corrected chi connectivity index (χ4v) is 5.14. The van der Waals surface area contributed by atoms with Crippen molar-refractivity contribution in [2.75, 3.05) is 18.8 Å². The third-order valence-corrected chi connectivity index (χ3v) is 7.46. The highest BCUT2D eigenvalue weighted by Gasteiger charge is 2.28. The number of piperidine rings is 1. The molecule has 2 aromatic rings. The number of benzene rings is 1. The van der Waals surface area contributed by atoms with Crippen LogP contribution in [-0.2, 0) is 14.8 Å². The molecule has 0 aliphatic carbocycles. The Morgan fingerprint density at radius 2 is 1.83 bits per heavy atom. The smallest absolute Gasteiger partial charge is 0.277 e. The third kappa shape index (κ3) is 5.83. The van der Waals surface area contributed by atoms with Crippen LogP contribution in [0, 0.1) is 5.92 Å². The quantitative estimate of drug-likeness (QED) is 0.671. The fourth-order valence-electron chi connectivity index (χ4n) is 3.11. The number of hydrogen-bond acceptors (Lipinski definition) is 7. The number of nitrogens with zero attached hydrogens (tertiary/aromatic N) is 3. The molecule has 0 spiro atoms. The lowest BCUT2D eigenvalue weighted by Crippen LogP contribution is -2.41. The van der Waals surface area contributed by atoms with E-state index in [4.69, 9.17) is 4.42 Å². The van der Waals surface area contributed by atoms with E-state index in [2.05, 4.69) is 22.4 Å². The van der Waals surface area contributed by atoms with Crippen molar-refractivity contribution >= 4 is 27.7 Å². The summed E-state index contributed by atoms with van der Waals surface area (Å²) in [6.45, 7) is 8.99. The SMILES string of the molecule is CC1CCN(S(=O)(=O)c2ccc(-c3nnc(SCC(=O)NC(C)(C)C)o3)cc2)CC1. The van der Waals surface area contributed by atoms with E-state index in [1.54, 1.807) is 28.6 Å². The molecule has 1 fully saturated rings. The van der Waals surface area contributed by atoms with Crippen molar-refractivity contribution in [3.8, 4) is 11.5 Å². The Kier molecular flexibility index (Phi) is 6.88. The van der Waals surface area contributed by atoms with E-state index in [1.165, 1.54) is 0 Å². The van der Waals surface area contributed by atoms with E-state index < -0.39 is 10.0 Å². The highest BCUT2D eigenvalue weighted by Crippen LogP contribution is 2.27. The van der Waals surface area contributed by atoms with Gasteiger partial charge in [0.1, 0.15) is 0 Å². The van der Waals surface area contributed by atoms with E-state index in [1.807, 2.05) is 20.8 Å². The van der Waals surface area contributed by atoms with Crippen molar-refractivity contribution in [2.24, 2.45) is 5.92 Å². The number of aromatic nitrogens is 2. The molecular formula is C20H28N4O4S2. The van der Waals surface area contributed by atoms with Gasteiger partial charge in [-0.05, 0) is 63.8 Å². The van der Waals surface area contributed by atoms with Crippen LogP contribution in [0.15, 0.2) is 38.8 Å². The summed E-state index contributed by atoms with van der Waals surface area (Å²) in [7, 11) is -3.49. The minimum absolute atomic E-state index is 0.117. The van der Waals surface area contributed by atoms with Crippen LogP contribution in [0.5, 0.6) is 0 Å². The number of nitrogens with one attached hydrogen (secondary N) is 1. The maximum absolute atomic E-state index is 12.8. The van der Waals surface area contributed by atoms with Crippen LogP contribution in [-0.4, -0.2) is 53.2 Å². The van der Waals surface area contributed by atoms with Crippen molar-refractivity contribution in [2.45, 2.75) is 56.2 Å². The second kappa shape index (κ2) is 9.07. The summed E-state index contributed by atoms with van der Waals surface area (Å²) in [5.41, 5.74) is 0.325. The molecule has 1 aromatic carbocycles. The van der Waals surface area contributed by atoms with Gasteiger partial charge in [-0.2, -0.15) is 4.31 Å². The topological polar surface area (TPSA) is 105 Å². The van der Waals surface area contributed by atoms with Gasteiger partial charge < -0.3 is 9.73 Å². The minimum atomic E-state index is -3.49. The summed E-state index contributed by atoms with van der Waals surface area (Å²) in [6.07, 6.45) is 1.76. The van der Waals surface area contributed by atoms with Gasteiger partial charge in [0.05, 0.1) is 10.6 Å². The van der Waals surface area contributed by atoms with E-state index in [0.717, 1.165) is 24.6 Å². The normalized spacial score (nSPS) is 16.5. The molecule has 0 radical (unpaired) electrons. The molecule has 10 heteroatoms. The van der Waals surface area contributed by atoms with Gasteiger partial charge in [-0.25, -0.2) is 8.42 Å². The van der Waals surface area contributed by atoms with Crippen molar-refractivity contribution in [3.05, 3.63) is 24.3 Å². The molecule has 2 heterocycles. The summed E-state index contributed by atoms with van der Waals surface area (Å²) in [4.78, 5) is 12.2. The Morgan fingerprint density at radius 3 is 2.43 bits per heavy atom. The van der Waals surface area contributed by atoms with Crippen LogP contribution in [0.1, 0.15) is 40.5 Å². The molecular weight excluding hydrogens is 424 g/mol. The van der Waals surface area contributed by atoms with E-state index in [9.17, 15) is 13.2 Å². The number of sulfonamides is 1. The summed E-state index contributed by atoms with van der Waals surface area (Å²) >= 11 is 1.16. The average molecular weight is 453 g/mol. The summed E-state index contributed by atoms with van der Waals surface area (Å²) in [5, 5.41) is 11.1. The number of thioether (sulfide) groups is 1. The van der Waals surface area contributed by atoms with Gasteiger partial charge in [0.2, 0.25) is 21.8 Å². The molecule has 8 nitrogen and oxygen atoms in total. The van der Waals surface area contributed by atoms with Crippen molar-refractivity contribution < 1.29 is 17.6 Å². The fraction of sp³-hybridized carbons (Fsp3) is 0.550. The van der Waals surface area contributed by atoms with Gasteiger partial charge >= 0.3 is 0 Å². The average Bonchev–Trinajstić information content (AvgIpc) is 3.15. The first-order valence-corrected chi connectivity index (χ1v) is 12.3. The van der Waals surface area contributed by atoms with E-state index in [-0.39, 0.29) is 33.2 Å². The summed E-state index contributed by atoms with van der Waals surface area (Å²) in [5.74, 6) is 0.895. The summed E-state index contributed by atoms with van der Waals surface area (Å²) in [6, 6.07) is 6.45. The third-order valence-electron chi connectivity index (χ3n) is 4.73. The molecule has 0 saturated carbocycles. The van der Waals surface area contributed by atoms with Crippen LogP contribution in [0.2, 0.25) is 0 Å². The molecule has 0 unspecified atom stereocenters. The molecule has 0 bridgehead atoms. The van der Waals surface area contributed by atoms with Crippen LogP contribution >= 0.6 is 11.8 Å². The van der Waals surface area contributed by atoms with Gasteiger partial charge in [-0.3, -0.25) is 4.79 Å². The Labute approximate surface area is 181 Å². The molecule has 0 atom stereocenters. The molecule has 1 amide bonds. The first-order valence-electron chi connectivity index (χ1n) is 9.92. The van der Waals surface area contributed by atoms with Crippen LogP contribution in [0.4, 0.5) is 0 Å². The van der Waals surface area contributed by atoms with Crippen LogP contribution in [0.25, 0.3) is 11.5 Å². The van der Waals surface area contributed by atoms with Crippen LogP contribution in [0.3, 0.4) is 0 Å². The van der Waals surface area contributed by atoms with Gasteiger partial charge in [0, 0.05) is 24.2 Å². The van der Waals surface area contributed by atoms with Gasteiger partial charge in [0.25, 0.3) is 5.22 Å². The largest absolute Gasteiger partial charge is 0.411 e. The molecule has 164 valence electrons. The number of amides is 1. The Morgan fingerprint density at radius 1 is 1.20 bits per heavy atom. The van der Waals surface area contributed by atoms with Gasteiger partial charge in [0.15, 0.2) is 0 Å². The molecule has 1 aliphatic rings. The first kappa shape index (κ1) is 22.8. The standard InChI is InChI=1S/C20H28N4O4S2/c1-14-9-11-24(12-10-14)30(26,27)16-7-5-15(6-8-16)18-22-23-19(28-18)29-13-17(25)21-20(2,3)4/h5-8,14H,9-13H2,1-4H3,(H,21,25). The second-order valence-electron chi connectivity index (χ2n) is 8.57. The molecule has 1 N–H and O–H groups in total. The number of rotatable bonds is 6. The zero-order valence-corrected chi connectivity index (χ0v) is 19.3. The van der Waals surface area contributed by atoms with Crippen LogP contribution < -0.4 is 5.32 Å². The highest BCUT2D eigenvalue weighted by molar-refractivity contribution is 7.99. The van der Waals surface area contributed by atoms with E-state index in [0.29, 0.717) is 24.6 Å². The molecule has 3 rings (SSSR count). The first-order chi connectivity index (χ1) is 14.0. The van der Waals surface area contributed by atoms with Crippen molar-refractivity contribution in [1.82, 2.24) is 19.8 Å².